The van der Waals surface area contributed by atoms with Crippen molar-refractivity contribution < 1.29 is 24.0 Å². The first kappa shape index (κ1) is 10.6. The maximum absolute atomic E-state index is 13.1. The third kappa shape index (κ3) is 1.89. The van der Waals surface area contributed by atoms with Crippen LogP contribution >= 0.6 is 0 Å². The summed E-state index contributed by atoms with van der Waals surface area (Å²) in [6.45, 7) is 0. The van der Waals surface area contributed by atoms with Crippen LogP contribution in [0.4, 0.5) is 4.39 Å². The highest BCUT2D eigenvalue weighted by Gasteiger charge is 2.24. The van der Waals surface area contributed by atoms with Gasteiger partial charge in [-0.2, -0.15) is 0 Å². The van der Waals surface area contributed by atoms with E-state index in [9.17, 15) is 9.18 Å². The summed E-state index contributed by atoms with van der Waals surface area (Å²) in [5.41, 5.74) is -0.839. The lowest BCUT2D eigenvalue weighted by Crippen LogP contribution is -2.36. The lowest BCUT2D eigenvalue weighted by molar-refractivity contribution is 0.0596. The Balaban J connectivity index is 3.29. The minimum Gasteiger partial charge on any atom is -0.465 e. The van der Waals surface area contributed by atoms with Crippen molar-refractivity contribution in [3.8, 4) is 0 Å². The molecule has 0 fully saturated rings. The van der Waals surface area contributed by atoms with E-state index < -0.39 is 24.5 Å². The van der Waals surface area contributed by atoms with Crippen LogP contribution in [0.25, 0.3) is 0 Å². The molecule has 0 saturated carbocycles. The highest BCUT2D eigenvalue weighted by molar-refractivity contribution is 6.60. The van der Waals surface area contributed by atoms with Crippen molar-refractivity contribution in [2.45, 2.75) is 0 Å². The van der Waals surface area contributed by atoms with Gasteiger partial charge in [0.05, 0.1) is 18.9 Å². The molecule has 7 heteroatoms. The Hall–Kier alpha value is -1.47. The summed E-state index contributed by atoms with van der Waals surface area (Å²) in [5, 5.41) is 17.6. The lowest BCUT2D eigenvalue weighted by Gasteiger charge is -2.06. The Morgan fingerprint density at radius 2 is 2.21 bits per heavy atom. The van der Waals surface area contributed by atoms with Crippen LogP contribution in [0.2, 0.25) is 0 Å². The Morgan fingerprint density at radius 3 is 2.71 bits per heavy atom. The number of rotatable bonds is 2. The van der Waals surface area contributed by atoms with Gasteiger partial charge in [-0.25, -0.2) is 9.18 Å². The van der Waals surface area contributed by atoms with E-state index in [1.165, 1.54) is 0 Å². The molecule has 1 aromatic rings. The second kappa shape index (κ2) is 4.16. The molecular formula is C7H7BFNO4. The summed E-state index contributed by atoms with van der Waals surface area (Å²) < 4.78 is 17.3. The molecule has 0 bridgehead atoms. The van der Waals surface area contributed by atoms with Gasteiger partial charge in [0, 0.05) is 11.7 Å². The van der Waals surface area contributed by atoms with Gasteiger partial charge in [-0.15, -0.1) is 0 Å². The molecule has 0 aromatic carbocycles. The molecule has 0 aliphatic heterocycles. The number of pyridine rings is 1. The molecule has 74 valence electrons. The number of ether oxygens (including phenoxy) is 1. The van der Waals surface area contributed by atoms with Gasteiger partial charge in [-0.1, -0.05) is 0 Å². The third-order valence-corrected chi connectivity index (χ3v) is 1.60. The van der Waals surface area contributed by atoms with Crippen molar-refractivity contribution in [1.82, 2.24) is 4.98 Å². The SMILES string of the molecule is COC(=O)c1c(F)cncc1B(O)O. The molecule has 5 nitrogen and oxygen atoms in total. The van der Waals surface area contributed by atoms with E-state index in [0.717, 1.165) is 19.5 Å². The van der Waals surface area contributed by atoms with Gasteiger partial charge in [0.2, 0.25) is 0 Å². The van der Waals surface area contributed by atoms with Gasteiger partial charge >= 0.3 is 13.1 Å². The summed E-state index contributed by atoms with van der Waals surface area (Å²) in [5.74, 6) is -1.93. The molecule has 0 saturated heterocycles. The maximum atomic E-state index is 13.1. The molecule has 0 spiro atoms. The van der Waals surface area contributed by atoms with E-state index in [1.54, 1.807) is 0 Å². The lowest BCUT2D eigenvalue weighted by atomic mass is 9.78. The molecule has 1 aromatic heterocycles. The summed E-state index contributed by atoms with van der Waals surface area (Å²) >= 11 is 0. The molecule has 0 aliphatic carbocycles. The highest BCUT2D eigenvalue weighted by Crippen LogP contribution is 2.04. The average Bonchev–Trinajstić information content (AvgIpc) is 2.16. The summed E-state index contributed by atoms with van der Waals surface area (Å²) in [6.07, 6.45) is 1.78. The van der Waals surface area contributed by atoms with Gasteiger partial charge in [0.25, 0.3) is 0 Å². The fraction of sp³-hybridized carbons (Fsp3) is 0.143. The minimum absolute atomic E-state index is 0.322. The molecule has 0 atom stereocenters. The second-order valence-corrected chi connectivity index (χ2v) is 2.45. The van der Waals surface area contributed by atoms with E-state index >= 15 is 0 Å². The molecule has 14 heavy (non-hydrogen) atoms. The summed E-state index contributed by atoms with van der Waals surface area (Å²) in [7, 11) is -0.900. The van der Waals surface area contributed by atoms with Crippen molar-refractivity contribution in [3.63, 3.8) is 0 Å². The molecular weight excluding hydrogens is 192 g/mol. The first-order valence-corrected chi connectivity index (χ1v) is 3.65. The van der Waals surface area contributed by atoms with E-state index in [-0.39, 0.29) is 5.46 Å². The van der Waals surface area contributed by atoms with Crippen LogP contribution in [0.15, 0.2) is 12.4 Å². The minimum atomic E-state index is -1.97. The molecule has 1 rings (SSSR count). The second-order valence-electron chi connectivity index (χ2n) is 2.45. The van der Waals surface area contributed by atoms with Gasteiger partial charge in [-0.3, -0.25) is 4.98 Å². The van der Waals surface area contributed by atoms with E-state index in [2.05, 4.69) is 9.72 Å². The Morgan fingerprint density at radius 1 is 1.57 bits per heavy atom. The number of aromatic nitrogens is 1. The van der Waals surface area contributed by atoms with E-state index in [1.807, 2.05) is 0 Å². The third-order valence-electron chi connectivity index (χ3n) is 1.60. The topological polar surface area (TPSA) is 79.7 Å². The highest BCUT2D eigenvalue weighted by atomic mass is 19.1. The number of hydrogen-bond donors (Lipinski definition) is 2. The average molecular weight is 199 g/mol. The van der Waals surface area contributed by atoms with E-state index in [4.69, 9.17) is 10.0 Å². The number of carbonyl (C=O) groups is 1. The summed E-state index contributed by atoms with van der Waals surface area (Å²) in [6, 6.07) is 0. The number of carbonyl (C=O) groups excluding carboxylic acids is 1. The van der Waals surface area contributed by atoms with Crippen LogP contribution in [-0.2, 0) is 4.74 Å². The van der Waals surface area contributed by atoms with Crippen molar-refractivity contribution in [1.29, 1.82) is 0 Å². The van der Waals surface area contributed by atoms with E-state index in [0.29, 0.717) is 0 Å². The molecule has 0 radical (unpaired) electrons. The van der Waals surface area contributed by atoms with Gasteiger partial charge in [0.15, 0.2) is 5.82 Å². The van der Waals surface area contributed by atoms with Crippen LogP contribution in [0.3, 0.4) is 0 Å². The number of esters is 1. The van der Waals surface area contributed by atoms with Crippen molar-refractivity contribution in [2.24, 2.45) is 0 Å². The number of nitrogens with zero attached hydrogens (tertiary/aromatic N) is 1. The predicted molar refractivity (Wildman–Crippen MR) is 45.4 cm³/mol. The Kier molecular flexibility index (Phi) is 3.16. The van der Waals surface area contributed by atoms with Crippen LogP contribution in [0.5, 0.6) is 0 Å². The Labute approximate surface area is 79.3 Å². The largest absolute Gasteiger partial charge is 0.491 e. The normalized spacial score (nSPS) is 9.71. The zero-order chi connectivity index (χ0) is 10.7. The van der Waals surface area contributed by atoms with Crippen LogP contribution in [0, 0.1) is 5.82 Å². The summed E-state index contributed by atoms with van der Waals surface area (Å²) in [4.78, 5) is 14.4. The molecule has 2 N–H and O–H groups in total. The number of halogens is 1. The zero-order valence-corrected chi connectivity index (χ0v) is 7.27. The first-order chi connectivity index (χ1) is 6.57. The van der Waals surface area contributed by atoms with Gasteiger partial charge < -0.3 is 14.8 Å². The fourth-order valence-corrected chi connectivity index (χ4v) is 0.963. The molecule has 0 aliphatic rings. The smallest absolute Gasteiger partial charge is 0.465 e. The van der Waals surface area contributed by atoms with Crippen molar-refractivity contribution >= 4 is 18.6 Å². The van der Waals surface area contributed by atoms with Crippen molar-refractivity contribution in [3.05, 3.63) is 23.8 Å². The molecule has 1 heterocycles. The monoisotopic (exact) mass is 199 g/mol. The van der Waals surface area contributed by atoms with Crippen LogP contribution < -0.4 is 5.46 Å². The van der Waals surface area contributed by atoms with Crippen LogP contribution in [-0.4, -0.2) is 35.2 Å². The van der Waals surface area contributed by atoms with Gasteiger partial charge in [0.1, 0.15) is 0 Å². The first-order valence-electron chi connectivity index (χ1n) is 3.65. The number of methoxy groups -OCH3 is 1. The molecule has 0 amide bonds. The predicted octanol–water partition coefficient (Wildman–Crippen LogP) is -1.31. The standard InChI is InChI=1S/C7H7BFNO4/c1-14-7(11)6-4(8(12)13)2-10-3-5(6)9/h2-3,12-13H,1H3. The van der Waals surface area contributed by atoms with Crippen LogP contribution in [0.1, 0.15) is 10.4 Å². The zero-order valence-electron chi connectivity index (χ0n) is 7.27. The maximum Gasteiger partial charge on any atom is 0.491 e. The Bertz CT molecular complexity index is 358. The fourth-order valence-electron chi connectivity index (χ4n) is 0.963. The quantitative estimate of drug-likeness (QED) is 0.456. The van der Waals surface area contributed by atoms with Crippen molar-refractivity contribution in [2.75, 3.05) is 7.11 Å². The molecule has 0 unspecified atom stereocenters. The van der Waals surface area contributed by atoms with Gasteiger partial charge in [-0.05, 0) is 0 Å². The number of hydrogen-bond acceptors (Lipinski definition) is 5.